The largest absolute Gasteiger partial charge is 0.366 e. The lowest BCUT2D eigenvalue weighted by Crippen LogP contribution is -2.17. The molecule has 0 aromatic heterocycles. The van der Waals surface area contributed by atoms with E-state index in [2.05, 4.69) is 0 Å². The molecule has 0 rings (SSSR count). The topological polar surface area (TPSA) is 46.3 Å². The van der Waals surface area contributed by atoms with Gasteiger partial charge < -0.3 is 10.6 Å². The number of nitrogens with zero attached hydrogens (tertiary/aromatic N) is 1. The maximum atomic E-state index is 10.8. The van der Waals surface area contributed by atoms with Crippen molar-refractivity contribution >= 4 is 5.91 Å². The fourth-order valence-corrected chi connectivity index (χ4v) is 0.888. The molecule has 3 nitrogen and oxygen atoms in total. The number of carbonyl (C=O) groups excluding carboxylic acids is 1. The van der Waals surface area contributed by atoms with E-state index in [1.165, 1.54) is 0 Å². The summed E-state index contributed by atoms with van der Waals surface area (Å²) >= 11 is 0. The number of likely N-dealkylation sites (N-methyl/N-ethyl adjacent to an activating group) is 1. The van der Waals surface area contributed by atoms with Gasteiger partial charge in [-0.1, -0.05) is 19.4 Å². The molecule has 0 saturated carbocycles. The molecule has 2 N–H and O–H groups in total. The normalized spacial score (nSPS) is 12.2. The van der Waals surface area contributed by atoms with Crippen LogP contribution in [0.5, 0.6) is 0 Å². The number of hydrogen-bond donors (Lipinski definition) is 1. The fourth-order valence-electron chi connectivity index (χ4n) is 0.888. The molecule has 70 valence electrons. The highest BCUT2D eigenvalue weighted by molar-refractivity contribution is 5.91. The molecule has 0 aliphatic carbocycles. The molecule has 12 heavy (non-hydrogen) atoms. The van der Waals surface area contributed by atoms with E-state index in [1.807, 2.05) is 32.0 Å². The molecule has 0 atom stereocenters. The zero-order valence-electron chi connectivity index (χ0n) is 8.13. The number of nitrogens with two attached hydrogens (primary N) is 1. The van der Waals surface area contributed by atoms with Crippen molar-refractivity contribution in [1.82, 2.24) is 4.90 Å². The van der Waals surface area contributed by atoms with Crippen molar-refractivity contribution in [2.24, 2.45) is 5.73 Å². The molecule has 0 aliphatic heterocycles. The first kappa shape index (κ1) is 11.2. The van der Waals surface area contributed by atoms with Gasteiger partial charge in [0.25, 0.3) is 0 Å². The highest BCUT2D eigenvalue weighted by Crippen LogP contribution is 2.03. The Morgan fingerprint density at radius 2 is 2.08 bits per heavy atom. The Labute approximate surface area is 74.2 Å². The van der Waals surface area contributed by atoms with Gasteiger partial charge in [-0.3, -0.25) is 4.79 Å². The highest BCUT2D eigenvalue weighted by Gasteiger charge is 2.02. The van der Waals surface area contributed by atoms with Crippen molar-refractivity contribution in [2.75, 3.05) is 20.6 Å². The summed E-state index contributed by atoms with van der Waals surface area (Å²) in [7, 11) is 3.92. The standard InChI is InChI=1S/C9H18N2O/c1-4-5-8(9(10)12)6-7-11(2)3/h6H,4-5,7H2,1-3H3,(H2,10,12). The van der Waals surface area contributed by atoms with Gasteiger partial charge in [0.1, 0.15) is 0 Å². The molecule has 0 radical (unpaired) electrons. The first-order valence-corrected chi connectivity index (χ1v) is 4.21. The Morgan fingerprint density at radius 3 is 2.42 bits per heavy atom. The van der Waals surface area contributed by atoms with Crippen LogP contribution in [0, 0.1) is 0 Å². The Bertz CT molecular complexity index is 173. The molecule has 0 saturated heterocycles. The number of carbonyl (C=O) groups is 1. The van der Waals surface area contributed by atoms with Crippen LogP contribution in [0.4, 0.5) is 0 Å². The summed E-state index contributed by atoms with van der Waals surface area (Å²) in [5.41, 5.74) is 5.93. The van der Waals surface area contributed by atoms with Crippen LogP contribution in [0.25, 0.3) is 0 Å². The molecule has 0 spiro atoms. The summed E-state index contributed by atoms with van der Waals surface area (Å²) in [6.07, 6.45) is 3.64. The first-order chi connectivity index (χ1) is 5.57. The van der Waals surface area contributed by atoms with E-state index in [0.29, 0.717) is 0 Å². The van der Waals surface area contributed by atoms with Gasteiger partial charge in [-0.25, -0.2) is 0 Å². The molecule has 0 bridgehead atoms. The molecule has 0 heterocycles. The average molecular weight is 170 g/mol. The van der Waals surface area contributed by atoms with Gasteiger partial charge in [-0.05, 0) is 20.5 Å². The van der Waals surface area contributed by atoms with E-state index in [-0.39, 0.29) is 5.91 Å². The van der Waals surface area contributed by atoms with Crippen LogP contribution in [0.15, 0.2) is 11.6 Å². The Morgan fingerprint density at radius 1 is 1.50 bits per heavy atom. The van der Waals surface area contributed by atoms with Crippen molar-refractivity contribution in [3.8, 4) is 0 Å². The third kappa shape index (κ3) is 4.91. The number of primary amides is 1. The van der Waals surface area contributed by atoms with E-state index in [9.17, 15) is 4.79 Å². The zero-order chi connectivity index (χ0) is 9.56. The SMILES string of the molecule is CCCC(=CCN(C)C)C(N)=O. The lowest BCUT2D eigenvalue weighted by Gasteiger charge is -2.06. The van der Waals surface area contributed by atoms with Gasteiger partial charge in [0.15, 0.2) is 0 Å². The third-order valence-electron chi connectivity index (χ3n) is 1.54. The highest BCUT2D eigenvalue weighted by atomic mass is 16.1. The number of rotatable bonds is 5. The lowest BCUT2D eigenvalue weighted by atomic mass is 10.1. The van der Waals surface area contributed by atoms with E-state index in [4.69, 9.17) is 5.73 Å². The summed E-state index contributed by atoms with van der Waals surface area (Å²) in [5, 5.41) is 0. The minimum Gasteiger partial charge on any atom is -0.366 e. The summed E-state index contributed by atoms with van der Waals surface area (Å²) < 4.78 is 0. The van der Waals surface area contributed by atoms with Crippen LogP contribution in [0.1, 0.15) is 19.8 Å². The van der Waals surface area contributed by atoms with Gasteiger partial charge in [0.05, 0.1) is 0 Å². The Hall–Kier alpha value is -0.830. The van der Waals surface area contributed by atoms with E-state index in [0.717, 1.165) is 25.0 Å². The third-order valence-corrected chi connectivity index (χ3v) is 1.54. The molecule has 1 amide bonds. The van der Waals surface area contributed by atoms with Crippen LogP contribution in [-0.2, 0) is 4.79 Å². The molecule has 3 heteroatoms. The van der Waals surface area contributed by atoms with Crippen LogP contribution >= 0.6 is 0 Å². The zero-order valence-corrected chi connectivity index (χ0v) is 8.13. The monoisotopic (exact) mass is 170 g/mol. The molecule has 0 fully saturated rings. The lowest BCUT2D eigenvalue weighted by molar-refractivity contribution is -0.114. The maximum Gasteiger partial charge on any atom is 0.244 e. The number of hydrogen-bond acceptors (Lipinski definition) is 2. The van der Waals surface area contributed by atoms with Gasteiger partial charge in [-0.15, -0.1) is 0 Å². The minimum atomic E-state index is -0.293. The Kier molecular flexibility index (Phi) is 5.37. The van der Waals surface area contributed by atoms with E-state index >= 15 is 0 Å². The van der Waals surface area contributed by atoms with Crippen molar-refractivity contribution < 1.29 is 4.79 Å². The van der Waals surface area contributed by atoms with Gasteiger partial charge in [0.2, 0.25) is 5.91 Å². The summed E-state index contributed by atoms with van der Waals surface area (Å²) in [5.74, 6) is -0.293. The second-order valence-electron chi connectivity index (χ2n) is 3.11. The fraction of sp³-hybridized carbons (Fsp3) is 0.667. The molecule has 0 unspecified atom stereocenters. The predicted molar refractivity (Wildman–Crippen MR) is 50.7 cm³/mol. The summed E-state index contributed by atoms with van der Waals surface area (Å²) in [6.45, 7) is 2.81. The van der Waals surface area contributed by atoms with Crippen LogP contribution in [0.3, 0.4) is 0 Å². The summed E-state index contributed by atoms with van der Waals surface area (Å²) in [6, 6.07) is 0. The maximum absolute atomic E-state index is 10.8. The van der Waals surface area contributed by atoms with Gasteiger partial charge >= 0.3 is 0 Å². The van der Waals surface area contributed by atoms with E-state index < -0.39 is 0 Å². The second-order valence-corrected chi connectivity index (χ2v) is 3.11. The number of amides is 1. The van der Waals surface area contributed by atoms with Gasteiger partial charge in [-0.2, -0.15) is 0 Å². The first-order valence-electron chi connectivity index (χ1n) is 4.21. The van der Waals surface area contributed by atoms with Crippen molar-refractivity contribution in [3.05, 3.63) is 11.6 Å². The minimum absolute atomic E-state index is 0.293. The van der Waals surface area contributed by atoms with Crippen molar-refractivity contribution in [3.63, 3.8) is 0 Å². The quantitative estimate of drug-likeness (QED) is 0.619. The smallest absolute Gasteiger partial charge is 0.244 e. The van der Waals surface area contributed by atoms with Crippen LogP contribution in [0.2, 0.25) is 0 Å². The van der Waals surface area contributed by atoms with Crippen LogP contribution in [-0.4, -0.2) is 31.4 Å². The Balaban J connectivity index is 4.09. The van der Waals surface area contributed by atoms with Crippen molar-refractivity contribution in [1.29, 1.82) is 0 Å². The second kappa shape index (κ2) is 5.77. The summed E-state index contributed by atoms with van der Waals surface area (Å²) in [4.78, 5) is 12.8. The molecule has 0 aromatic carbocycles. The van der Waals surface area contributed by atoms with Crippen molar-refractivity contribution in [2.45, 2.75) is 19.8 Å². The van der Waals surface area contributed by atoms with Gasteiger partial charge in [0, 0.05) is 12.1 Å². The molecular formula is C9H18N2O. The van der Waals surface area contributed by atoms with E-state index in [1.54, 1.807) is 0 Å². The average Bonchev–Trinajstić information content (AvgIpc) is 1.96. The molecule has 0 aliphatic rings. The molecular weight excluding hydrogens is 152 g/mol. The molecule has 0 aromatic rings. The predicted octanol–water partition coefficient (Wildman–Crippen LogP) is 0.760. The van der Waals surface area contributed by atoms with Crippen LogP contribution < -0.4 is 5.73 Å².